The quantitative estimate of drug-likeness (QED) is 0.798. The van der Waals surface area contributed by atoms with Gasteiger partial charge in [0.15, 0.2) is 11.5 Å². The van der Waals surface area contributed by atoms with Gasteiger partial charge in [-0.25, -0.2) is 8.42 Å². The number of carbonyl (C=O) groups excluding carboxylic acids is 1. The van der Waals surface area contributed by atoms with E-state index in [4.69, 9.17) is 9.47 Å². The van der Waals surface area contributed by atoms with E-state index < -0.39 is 22.0 Å². The molecule has 0 saturated carbocycles. The predicted octanol–water partition coefficient (Wildman–Crippen LogP) is 2.27. The number of amides is 1. The van der Waals surface area contributed by atoms with Gasteiger partial charge in [-0.1, -0.05) is 36.4 Å². The van der Waals surface area contributed by atoms with Crippen molar-refractivity contribution in [3.05, 3.63) is 59.7 Å². The van der Waals surface area contributed by atoms with E-state index in [1.54, 1.807) is 24.3 Å². The average molecular weight is 404 g/mol. The first-order chi connectivity index (χ1) is 13.3. The molecule has 8 heteroatoms. The van der Waals surface area contributed by atoms with Crippen LogP contribution in [0.25, 0.3) is 0 Å². The first-order valence-electron chi connectivity index (χ1n) is 8.95. The van der Waals surface area contributed by atoms with Gasteiger partial charge in [-0.3, -0.25) is 4.79 Å². The molecule has 0 radical (unpaired) electrons. The van der Waals surface area contributed by atoms with Crippen LogP contribution in [0.3, 0.4) is 0 Å². The standard InChI is InChI=1S/C20H24N2O5S/c1-14(16-9-10-17-18(13-16)27-12-11-26-17)21-20(23)19(22(2)28(3,24)25)15-7-5-4-6-8-15/h4-10,13-14,19H,11-12H2,1-3H3,(H,21,23)/t14-,19+/m1/s1. The molecule has 0 fully saturated rings. The first kappa shape index (κ1) is 20.2. The molecule has 1 heterocycles. The molecule has 0 aliphatic carbocycles. The van der Waals surface area contributed by atoms with Crippen LogP contribution < -0.4 is 14.8 Å². The molecule has 28 heavy (non-hydrogen) atoms. The number of ether oxygens (including phenoxy) is 2. The van der Waals surface area contributed by atoms with Crippen LogP contribution >= 0.6 is 0 Å². The largest absolute Gasteiger partial charge is 0.486 e. The van der Waals surface area contributed by atoms with Crippen molar-refractivity contribution >= 4 is 15.9 Å². The Morgan fingerprint density at radius 1 is 1.04 bits per heavy atom. The van der Waals surface area contributed by atoms with Gasteiger partial charge in [-0.05, 0) is 30.2 Å². The Bertz CT molecular complexity index is 946. The zero-order valence-corrected chi connectivity index (χ0v) is 16.9. The lowest BCUT2D eigenvalue weighted by Crippen LogP contribution is -2.42. The molecule has 2 atom stereocenters. The van der Waals surface area contributed by atoms with Crippen LogP contribution in [0.1, 0.15) is 30.1 Å². The van der Waals surface area contributed by atoms with Gasteiger partial charge in [-0.2, -0.15) is 4.31 Å². The van der Waals surface area contributed by atoms with Crippen LogP contribution in [-0.4, -0.2) is 45.1 Å². The number of sulfonamides is 1. The lowest BCUT2D eigenvalue weighted by Gasteiger charge is -2.27. The van der Waals surface area contributed by atoms with Crippen molar-refractivity contribution in [3.8, 4) is 11.5 Å². The fraction of sp³-hybridized carbons (Fsp3) is 0.350. The number of nitrogens with one attached hydrogen (secondary N) is 1. The molecule has 150 valence electrons. The van der Waals surface area contributed by atoms with Crippen LogP contribution in [0.4, 0.5) is 0 Å². The molecule has 2 aromatic rings. The Kier molecular flexibility index (Phi) is 5.90. The highest BCUT2D eigenvalue weighted by Crippen LogP contribution is 2.33. The van der Waals surface area contributed by atoms with Crippen molar-refractivity contribution in [1.82, 2.24) is 9.62 Å². The summed E-state index contributed by atoms with van der Waals surface area (Å²) in [5, 5.41) is 2.91. The van der Waals surface area contributed by atoms with Gasteiger partial charge in [0, 0.05) is 7.05 Å². The first-order valence-corrected chi connectivity index (χ1v) is 10.8. The SMILES string of the molecule is C[C@@H](NC(=O)[C@H](c1ccccc1)N(C)S(C)(=O)=O)c1ccc2c(c1)OCCO2. The number of rotatable bonds is 6. The molecule has 1 aliphatic heterocycles. The second kappa shape index (κ2) is 8.20. The van der Waals surface area contributed by atoms with Crippen LogP contribution in [0.15, 0.2) is 48.5 Å². The topological polar surface area (TPSA) is 84.9 Å². The number of hydrogen-bond donors (Lipinski definition) is 1. The van der Waals surface area contributed by atoms with E-state index in [9.17, 15) is 13.2 Å². The second-order valence-corrected chi connectivity index (χ2v) is 8.77. The van der Waals surface area contributed by atoms with Gasteiger partial charge in [-0.15, -0.1) is 0 Å². The smallest absolute Gasteiger partial charge is 0.243 e. The maximum absolute atomic E-state index is 13.0. The normalized spacial score (nSPS) is 15.7. The Balaban J connectivity index is 1.83. The monoisotopic (exact) mass is 404 g/mol. The number of likely N-dealkylation sites (N-methyl/N-ethyl adjacent to an activating group) is 1. The molecule has 0 bridgehead atoms. The molecule has 1 aliphatic rings. The van der Waals surface area contributed by atoms with E-state index in [0.29, 0.717) is 30.3 Å². The lowest BCUT2D eigenvalue weighted by atomic mass is 10.0. The third-order valence-corrected chi connectivity index (χ3v) is 5.93. The van der Waals surface area contributed by atoms with Crippen molar-refractivity contribution < 1.29 is 22.7 Å². The second-order valence-electron chi connectivity index (χ2n) is 6.73. The van der Waals surface area contributed by atoms with Crippen LogP contribution in [0.5, 0.6) is 11.5 Å². The molecule has 0 aromatic heterocycles. The number of hydrogen-bond acceptors (Lipinski definition) is 5. The summed E-state index contributed by atoms with van der Waals surface area (Å²) in [6, 6.07) is 13.0. The summed E-state index contributed by atoms with van der Waals surface area (Å²) in [6.07, 6.45) is 1.08. The Hall–Kier alpha value is -2.58. The van der Waals surface area contributed by atoms with Crippen LogP contribution in [-0.2, 0) is 14.8 Å². The molecular formula is C20H24N2O5S. The van der Waals surface area contributed by atoms with Crippen molar-refractivity contribution in [1.29, 1.82) is 0 Å². The average Bonchev–Trinajstić information content (AvgIpc) is 2.67. The molecule has 0 unspecified atom stereocenters. The van der Waals surface area contributed by atoms with Gasteiger partial charge in [0.1, 0.15) is 19.3 Å². The third kappa shape index (κ3) is 4.45. The molecule has 7 nitrogen and oxygen atoms in total. The summed E-state index contributed by atoms with van der Waals surface area (Å²) < 4.78 is 36.4. The van der Waals surface area contributed by atoms with E-state index in [1.807, 2.05) is 31.2 Å². The van der Waals surface area contributed by atoms with Gasteiger partial charge in [0.25, 0.3) is 0 Å². The van der Waals surface area contributed by atoms with Gasteiger partial charge in [0.2, 0.25) is 15.9 Å². The van der Waals surface area contributed by atoms with Gasteiger partial charge in [0.05, 0.1) is 12.3 Å². The lowest BCUT2D eigenvalue weighted by molar-refractivity contribution is -0.125. The van der Waals surface area contributed by atoms with Gasteiger partial charge >= 0.3 is 0 Å². The van der Waals surface area contributed by atoms with Crippen LogP contribution in [0, 0.1) is 0 Å². The Labute approximate surface area is 165 Å². The van der Waals surface area contributed by atoms with Crippen molar-refractivity contribution in [2.24, 2.45) is 0 Å². The van der Waals surface area contributed by atoms with Gasteiger partial charge < -0.3 is 14.8 Å². The molecule has 0 spiro atoms. The number of benzene rings is 2. The van der Waals surface area contributed by atoms with E-state index in [1.165, 1.54) is 7.05 Å². The molecular weight excluding hydrogens is 380 g/mol. The molecule has 1 N–H and O–H groups in total. The highest BCUT2D eigenvalue weighted by molar-refractivity contribution is 7.88. The minimum absolute atomic E-state index is 0.345. The highest BCUT2D eigenvalue weighted by atomic mass is 32.2. The molecule has 1 amide bonds. The van der Waals surface area contributed by atoms with E-state index in [2.05, 4.69) is 5.32 Å². The van der Waals surface area contributed by atoms with E-state index in [0.717, 1.165) is 16.1 Å². The Morgan fingerprint density at radius 2 is 1.68 bits per heavy atom. The summed E-state index contributed by atoms with van der Waals surface area (Å²) in [5.41, 5.74) is 1.44. The zero-order chi connectivity index (χ0) is 20.3. The fourth-order valence-electron chi connectivity index (χ4n) is 3.06. The third-order valence-electron chi connectivity index (χ3n) is 4.68. The summed E-state index contributed by atoms with van der Waals surface area (Å²) in [6.45, 7) is 2.83. The van der Waals surface area contributed by atoms with Crippen LogP contribution in [0.2, 0.25) is 0 Å². The Morgan fingerprint density at radius 3 is 2.32 bits per heavy atom. The summed E-state index contributed by atoms with van der Waals surface area (Å²) in [5.74, 6) is 0.909. The number of carbonyl (C=O) groups is 1. The van der Waals surface area contributed by atoms with Crippen molar-refractivity contribution in [3.63, 3.8) is 0 Å². The molecule has 2 aromatic carbocycles. The zero-order valence-electron chi connectivity index (χ0n) is 16.1. The maximum atomic E-state index is 13.0. The van der Waals surface area contributed by atoms with E-state index >= 15 is 0 Å². The molecule has 0 saturated heterocycles. The summed E-state index contributed by atoms with van der Waals surface area (Å²) in [7, 11) is -2.17. The molecule has 3 rings (SSSR count). The van der Waals surface area contributed by atoms with Crippen molar-refractivity contribution in [2.75, 3.05) is 26.5 Å². The summed E-state index contributed by atoms with van der Waals surface area (Å²) in [4.78, 5) is 13.0. The minimum atomic E-state index is -3.57. The number of nitrogens with zero attached hydrogens (tertiary/aromatic N) is 1. The summed E-state index contributed by atoms with van der Waals surface area (Å²) >= 11 is 0. The minimum Gasteiger partial charge on any atom is -0.486 e. The number of fused-ring (bicyclic) bond motifs is 1. The van der Waals surface area contributed by atoms with E-state index in [-0.39, 0.29) is 6.04 Å². The highest BCUT2D eigenvalue weighted by Gasteiger charge is 2.31. The van der Waals surface area contributed by atoms with Crippen molar-refractivity contribution in [2.45, 2.75) is 19.0 Å². The maximum Gasteiger partial charge on any atom is 0.243 e. The fourth-order valence-corrected chi connectivity index (χ4v) is 3.66. The predicted molar refractivity (Wildman–Crippen MR) is 106 cm³/mol.